The van der Waals surface area contributed by atoms with Crippen LogP contribution in [0.5, 0.6) is 0 Å². The van der Waals surface area contributed by atoms with E-state index in [1.54, 1.807) is 0 Å². The predicted octanol–water partition coefficient (Wildman–Crippen LogP) is 5.01. The summed E-state index contributed by atoms with van der Waals surface area (Å²) in [6.07, 6.45) is 7.30. The monoisotopic (exact) mass is 410 g/mol. The lowest BCUT2D eigenvalue weighted by Gasteiger charge is -2.38. The number of methoxy groups -OCH3 is 1. The van der Waals surface area contributed by atoms with Gasteiger partial charge in [0.25, 0.3) is 0 Å². The van der Waals surface area contributed by atoms with Crippen LogP contribution in [0.4, 0.5) is 0 Å². The van der Waals surface area contributed by atoms with Crippen LogP contribution < -0.4 is 0 Å². The van der Waals surface area contributed by atoms with Gasteiger partial charge in [0.15, 0.2) is 8.32 Å². The van der Waals surface area contributed by atoms with Crippen LogP contribution in [0.15, 0.2) is 11.6 Å². The van der Waals surface area contributed by atoms with E-state index in [4.69, 9.17) is 13.9 Å². The maximum Gasteiger partial charge on any atom is 0.305 e. The molecule has 0 amide bonds. The second-order valence-corrected chi connectivity index (χ2v) is 14.6. The number of unbranched alkanes of at least 4 members (excludes halogenated alkanes) is 1. The molecular formula is C22H38O5Si. The molecule has 0 aromatic carbocycles. The molecule has 4 atom stereocenters. The highest BCUT2D eigenvalue weighted by atomic mass is 28.4. The second-order valence-electron chi connectivity index (χ2n) is 9.88. The first-order chi connectivity index (χ1) is 12.9. The highest BCUT2D eigenvalue weighted by Crippen LogP contribution is 2.50. The van der Waals surface area contributed by atoms with E-state index in [-0.39, 0.29) is 29.2 Å². The molecule has 0 aliphatic heterocycles. The molecule has 2 fully saturated rings. The maximum atomic E-state index is 11.7. The van der Waals surface area contributed by atoms with Crippen LogP contribution >= 0.6 is 0 Å². The summed E-state index contributed by atoms with van der Waals surface area (Å²) in [5.74, 6) is 0.472. The van der Waals surface area contributed by atoms with Crippen molar-refractivity contribution in [2.24, 2.45) is 11.8 Å². The van der Waals surface area contributed by atoms with Gasteiger partial charge in [-0.1, -0.05) is 26.8 Å². The molecule has 2 aliphatic carbocycles. The first-order valence-corrected chi connectivity index (χ1v) is 13.5. The number of ether oxygens (including phenoxy) is 2. The molecule has 0 radical (unpaired) electrons. The lowest BCUT2D eigenvalue weighted by molar-refractivity contribution is -0.146. The van der Waals surface area contributed by atoms with E-state index in [1.165, 1.54) is 19.6 Å². The number of carbonyl (C=O) groups excluding carboxylic acids is 2. The normalized spacial score (nSPS) is 29.0. The summed E-state index contributed by atoms with van der Waals surface area (Å²) in [6, 6.07) is 0. The molecule has 0 N–H and O–H groups in total. The minimum atomic E-state index is -1.80. The van der Waals surface area contributed by atoms with Gasteiger partial charge in [-0.3, -0.25) is 9.59 Å². The summed E-state index contributed by atoms with van der Waals surface area (Å²) in [5.41, 5.74) is 1.22. The fraction of sp³-hybridized carbons (Fsp3) is 0.818. The fourth-order valence-electron chi connectivity index (χ4n) is 4.27. The minimum Gasteiger partial charge on any atom is -0.469 e. The van der Waals surface area contributed by atoms with Gasteiger partial charge in [-0.05, 0) is 61.7 Å². The molecule has 2 saturated carbocycles. The Labute approximate surface area is 171 Å². The number of hydrogen-bond acceptors (Lipinski definition) is 5. The number of rotatable bonds is 7. The van der Waals surface area contributed by atoms with Crippen molar-refractivity contribution in [1.82, 2.24) is 0 Å². The van der Waals surface area contributed by atoms with E-state index in [0.29, 0.717) is 18.3 Å². The number of hydrogen-bond donors (Lipinski definition) is 0. The van der Waals surface area contributed by atoms with Gasteiger partial charge >= 0.3 is 11.9 Å². The van der Waals surface area contributed by atoms with E-state index in [1.807, 2.05) is 0 Å². The summed E-state index contributed by atoms with van der Waals surface area (Å²) in [5, 5.41) is 0.199. The average molecular weight is 411 g/mol. The Balaban J connectivity index is 2.01. The molecule has 6 heteroatoms. The second kappa shape index (κ2) is 9.12. The van der Waals surface area contributed by atoms with Gasteiger partial charge in [-0.2, -0.15) is 0 Å². The van der Waals surface area contributed by atoms with Crippen LogP contribution in [-0.4, -0.2) is 39.6 Å². The van der Waals surface area contributed by atoms with Crippen LogP contribution in [0.3, 0.4) is 0 Å². The summed E-state index contributed by atoms with van der Waals surface area (Å²) < 4.78 is 17.1. The van der Waals surface area contributed by atoms with Crippen LogP contribution in [0, 0.1) is 11.8 Å². The first kappa shape index (κ1) is 23.1. The van der Waals surface area contributed by atoms with Gasteiger partial charge in [0, 0.05) is 25.4 Å². The molecule has 0 saturated heterocycles. The quantitative estimate of drug-likeness (QED) is 0.255. The van der Waals surface area contributed by atoms with Crippen molar-refractivity contribution in [3.63, 3.8) is 0 Å². The average Bonchev–Trinajstić information content (AvgIpc) is 3.08. The van der Waals surface area contributed by atoms with Gasteiger partial charge in [-0.15, -0.1) is 0 Å². The molecule has 0 bridgehead atoms. The Morgan fingerprint density at radius 1 is 1.21 bits per heavy atom. The maximum absolute atomic E-state index is 11.7. The van der Waals surface area contributed by atoms with Gasteiger partial charge in [0.1, 0.15) is 6.10 Å². The topological polar surface area (TPSA) is 61.8 Å². The Morgan fingerprint density at radius 2 is 1.89 bits per heavy atom. The highest BCUT2D eigenvalue weighted by Gasteiger charge is 2.50. The SMILES string of the molecule is COC(=O)CCC/C=C1\CC2C[C@@H](O[Si](C)(C)C(C)(C)C)CC2[C@@H]1OC(C)=O. The zero-order chi connectivity index (χ0) is 21.1. The van der Waals surface area contributed by atoms with E-state index >= 15 is 0 Å². The Morgan fingerprint density at radius 3 is 2.46 bits per heavy atom. The summed E-state index contributed by atoms with van der Waals surface area (Å²) >= 11 is 0. The fourth-order valence-corrected chi connectivity index (χ4v) is 5.65. The summed E-state index contributed by atoms with van der Waals surface area (Å²) in [4.78, 5) is 23.0. The van der Waals surface area contributed by atoms with Crippen molar-refractivity contribution < 1.29 is 23.5 Å². The van der Waals surface area contributed by atoms with Gasteiger partial charge < -0.3 is 13.9 Å². The number of allylic oxidation sites excluding steroid dienone is 1. The summed E-state index contributed by atoms with van der Waals surface area (Å²) in [7, 11) is -0.381. The van der Waals surface area contributed by atoms with Crippen LogP contribution in [0.1, 0.15) is 66.2 Å². The molecule has 0 aromatic heterocycles. The Hall–Kier alpha value is -1.14. The van der Waals surface area contributed by atoms with Crippen molar-refractivity contribution in [3.05, 3.63) is 11.6 Å². The van der Waals surface area contributed by atoms with E-state index in [9.17, 15) is 9.59 Å². The third-order valence-corrected chi connectivity index (χ3v) is 11.3. The molecule has 0 heterocycles. The van der Waals surface area contributed by atoms with Crippen molar-refractivity contribution in [1.29, 1.82) is 0 Å². The van der Waals surface area contributed by atoms with Crippen LogP contribution in [-0.2, 0) is 23.5 Å². The van der Waals surface area contributed by atoms with Crippen LogP contribution in [0.25, 0.3) is 0 Å². The lowest BCUT2D eigenvalue weighted by Crippen LogP contribution is -2.43. The number of carbonyl (C=O) groups is 2. The lowest BCUT2D eigenvalue weighted by atomic mass is 9.99. The largest absolute Gasteiger partial charge is 0.469 e. The van der Waals surface area contributed by atoms with Gasteiger partial charge in [0.2, 0.25) is 0 Å². The molecule has 0 spiro atoms. The van der Waals surface area contributed by atoms with E-state index in [2.05, 4.69) is 39.9 Å². The molecular weight excluding hydrogens is 372 g/mol. The minimum absolute atomic E-state index is 0.131. The van der Waals surface area contributed by atoms with E-state index in [0.717, 1.165) is 32.1 Å². The summed E-state index contributed by atoms with van der Waals surface area (Å²) in [6.45, 7) is 12.9. The highest BCUT2D eigenvalue weighted by molar-refractivity contribution is 6.74. The van der Waals surface area contributed by atoms with Gasteiger partial charge in [-0.25, -0.2) is 0 Å². The van der Waals surface area contributed by atoms with E-state index < -0.39 is 8.32 Å². The molecule has 2 aliphatic rings. The van der Waals surface area contributed by atoms with Crippen molar-refractivity contribution in [2.75, 3.05) is 7.11 Å². The molecule has 160 valence electrons. The van der Waals surface area contributed by atoms with Gasteiger partial charge in [0.05, 0.1) is 7.11 Å². The number of fused-ring (bicyclic) bond motifs is 1. The predicted molar refractivity (Wildman–Crippen MR) is 112 cm³/mol. The van der Waals surface area contributed by atoms with Crippen molar-refractivity contribution in [2.45, 2.75) is 96.6 Å². The molecule has 28 heavy (non-hydrogen) atoms. The Kier molecular flexibility index (Phi) is 7.54. The molecule has 0 aromatic rings. The molecule has 5 nitrogen and oxygen atoms in total. The Bertz CT molecular complexity index is 605. The number of esters is 2. The van der Waals surface area contributed by atoms with Crippen LogP contribution in [0.2, 0.25) is 18.1 Å². The third-order valence-electron chi connectivity index (χ3n) is 6.74. The smallest absolute Gasteiger partial charge is 0.305 e. The third kappa shape index (κ3) is 5.69. The van der Waals surface area contributed by atoms with Crippen molar-refractivity contribution >= 4 is 20.3 Å². The van der Waals surface area contributed by atoms with Crippen molar-refractivity contribution in [3.8, 4) is 0 Å². The molecule has 2 rings (SSSR count). The molecule has 2 unspecified atom stereocenters. The first-order valence-electron chi connectivity index (χ1n) is 10.6. The zero-order valence-corrected chi connectivity index (χ0v) is 19.7. The zero-order valence-electron chi connectivity index (χ0n) is 18.7. The standard InChI is InChI=1S/C22H38O5Si/c1-15(23)26-21-16(10-8-9-11-20(24)25-5)12-17-13-18(14-19(17)21)27-28(6,7)22(2,3)4/h10,17-19,21H,8-9,11-14H2,1-7H3/b16-10+/t17?,18-,19?,21-/m1/s1.